The third kappa shape index (κ3) is 1.72. The van der Waals surface area contributed by atoms with Crippen molar-refractivity contribution in [3.8, 4) is 11.6 Å². The topological polar surface area (TPSA) is 51.2 Å². The van der Waals surface area contributed by atoms with Crippen LogP contribution in [0.5, 0.6) is 11.6 Å². The van der Waals surface area contributed by atoms with Crippen molar-refractivity contribution in [3.05, 3.63) is 47.1 Å². The van der Waals surface area contributed by atoms with Gasteiger partial charge in [-0.25, -0.2) is 4.98 Å². The van der Waals surface area contributed by atoms with E-state index in [2.05, 4.69) is 10.3 Å². The van der Waals surface area contributed by atoms with Crippen molar-refractivity contribution < 1.29 is 9.53 Å². The number of anilines is 1. The van der Waals surface area contributed by atoms with Gasteiger partial charge in [0.05, 0.1) is 5.69 Å². The Kier molecular flexibility index (Phi) is 2.23. The number of carbonyl (C=O) groups is 1. The third-order valence-electron chi connectivity index (χ3n) is 2.41. The molecular formula is C12H7ClN2O2. The normalized spacial score (nSPS) is 12.9. The molecule has 1 aromatic carbocycles. The molecule has 84 valence electrons. The van der Waals surface area contributed by atoms with E-state index < -0.39 is 0 Å². The number of halogens is 1. The number of amides is 1. The van der Waals surface area contributed by atoms with Gasteiger partial charge < -0.3 is 10.1 Å². The highest BCUT2D eigenvalue weighted by molar-refractivity contribution is 6.31. The Balaban J connectivity index is 2.17. The number of hydrogen-bond acceptors (Lipinski definition) is 3. The smallest absolute Gasteiger partial charge is 0.261 e. The zero-order valence-corrected chi connectivity index (χ0v) is 9.36. The van der Waals surface area contributed by atoms with Gasteiger partial charge in [-0.15, -0.1) is 0 Å². The lowest BCUT2D eigenvalue weighted by Crippen LogP contribution is -2.10. The van der Waals surface area contributed by atoms with Crippen molar-refractivity contribution >= 4 is 23.2 Å². The Labute approximate surface area is 102 Å². The second-order valence-electron chi connectivity index (χ2n) is 3.55. The molecule has 1 aromatic heterocycles. The molecule has 0 bridgehead atoms. The predicted octanol–water partition coefficient (Wildman–Crippen LogP) is 3.09. The summed E-state index contributed by atoms with van der Waals surface area (Å²) in [6.07, 6.45) is 1.58. The van der Waals surface area contributed by atoms with Crippen molar-refractivity contribution in [2.75, 3.05) is 5.32 Å². The summed E-state index contributed by atoms with van der Waals surface area (Å²) in [7, 11) is 0. The Bertz CT molecular complexity index is 613. The molecule has 1 amide bonds. The van der Waals surface area contributed by atoms with Gasteiger partial charge >= 0.3 is 0 Å². The monoisotopic (exact) mass is 246 g/mol. The highest BCUT2D eigenvalue weighted by atomic mass is 35.5. The third-order valence-corrected chi connectivity index (χ3v) is 2.65. The molecule has 0 unspecified atom stereocenters. The van der Waals surface area contributed by atoms with Crippen LogP contribution < -0.4 is 10.1 Å². The molecule has 0 spiro atoms. The summed E-state index contributed by atoms with van der Waals surface area (Å²) >= 11 is 5.87. The maximum Gasteiger partial charge on any atom is 0.261 e. The van der Waals surface area contributed by atoms with Crippen LogP contribution in [0.3, 0.4) is 0 Å². The highest BCUT2D eigenvalue weighted by Gasteiger charge is 2.21. The summed E-state index contributed by atoms with van der Waals surface area (Å²) in [5.74, 6) is 0.570. The van der Waals surface area contributed by atoms with Gasteiger partial charge in [0.25, 0.3) is 5.91 Å². The van der Waals surface area contributed by atoms with E-state index >= 15 is 0 Å². The molecule has 2 heterocycles. The lowest BCUT2D eigenvalue weighted by Gasteiger charge is -2.06. The van der Waals surface area contributed by atoms with Crippen molar-refractivity contribution in [2.24, 2.45) is 0 Å². The van der Waals surface area contributed by atoms with Crippen LogP contribution in [0.4, 0.5) is 5.69 Å². The number of nitrogens with zero attached hydrogens (tertiary/aromatic N) is 1. The highest BCUT2D eigenvalue weighted by Crippen LogP contribution is 2.35. The van der Waals surface area contributed by atoms with E-state index in [1.807, 2.05) is 0 Å². The summed E-state index contributed by atoms with van der Waals surface area (Å²) < 4.78 is 5.57. The Hall–Kier alpha value is -2.07. The van der Waals surface area contributed by atoms with Crippen LogP contribution in [0.2, 0.25) is 5.02 Å². The first-order valence-electron chi connectivity index (χ1n) is 4.98. The van der Waals surface area contributed by atoms with Crippen molar-refractivity contribution in [3.63, 3.8) is 0 Å². The van der Waals surface area contributed by atoms with E-state index in [-0.39, 0.29) is 5.91 Å². The second kappa shape index (κ2) is 3.75. The van der Waals surface area contributed by atoms with E-state index in [4.69, 9.17) is 16.3 Å². The van der Waals surface area contributed by atoms with Gasteiger partial charge in [0.15, 0.2) is 5.75 Å². The number of benzene rings is 1. The van der Waals surface area contributed by atoms with Crippen molar-refractivity contribution in [1.82, 2.24) is 4.98 Å². The van der Waals surface area contributed by atoms with E-state index in [0.29, 0.717) is 27.9 Å². The van der Waals surface area contributed by atoms with Gasteiger partial charge in [-0.3, -0.25) is 4.79 Å². The van der Waals surface area contributed by atoms with Crippen LogP contribution in [0.25, 0.3) is 0 Å². The number of pyridine rings is 1. The van der Waals surface area contributed by atoms with Gasteiger partial charge in [-0.2, -0.15) is 0 Å². The van der Waals surface area contributed by atoms with Crippen LogP contribution in [0, 0.1) is 0 Å². The average molecular weight is 247 g/mol. The fraction of sp³-hybridized carbons (Fsp3) is 0. The zero-order chi connectivity index (χ0) is 11.8. The molecule has 1 aliphatic rings. The Morgan fingerprint density at radius 2 is 2.18 bits per heavy atom. The van der Waals surface area contributed by atoms with E-state index in [0.717, 1.165) is 0 Å². The lowest BCUT2D eigenvalue weighted by molar-refractivity contribution is 0.102. The van der Waals surface area contributed by atoms with Crippen LogP contribution in [0.1, 0.15) is 10.4 Å². The maximum atomic E-state index is 11.9. The lowest BCUT2D eigenvalue weighted by atomic mass is 10.2. The summed E-state index contributed by atoms with van der Waals surface area (Å²) in [4.78, 5) is 15.9. The van der Waals surface area contributed by atoms with Gasteiger partial charge in [0.1, 0.15) is 5.56 Å². The zero-order valence-electron chi connectivity index (χ0n) is 8.61. The molecule has 4 nitrogen and oxygen atoms in total. The maximum absolute atomic E-state index is 11.9. The molecule has 5 heteroatoms. The van der Waals surface area contributed by atoms with E-state index in [1.54, 1.807) is 36.5 Å². The number of hydrogen-bond donors (Lipinski definition) is 1. The fourth-order valence-corrected chi connectivity index (χ4v) is 1.80. The van der Waals surface area contributed by atoms with Crippen molar-refractivity contribution in [1.29, 1.82) is 0 Å². The van der Waals surface area contributed by atoms with Crippen LogP contribution in [-0.4, -0.2) is 10.9 Å². The molecule has 0 saturated carbocycles. The summed E-state index contributed by atoms with van der Waals surface area (Å²) in [5.41, 5.74) is 0.945. The molecule has 1 N–H and O–H groups in total. The van der Waals surface area contributed by atoms with Crippen LogP contribution in [0.15, 0.2) is 36.5 Å². The average Bonchev–Trinajstić information content (AvgIpc) is 2.46. The molecule has 1 aliphatic heterocycles. The summed E-state index contributed by atoms with van der Waals surface area (Å²) in [6, 6.07) is 8.37. The molecule has 0 aliphatic carbocycles. The molecule has 0 atom stereocenters. The molecule has 3 rings (SSSR count). The Morgan fingerprint density at radius 1 is 1.29 bits per heavy atom. The Morgan fingerprint density at radius 3 is 3.06 bits per heavy atom. The fourth-order valence-electron chi connectivity index (χ4n) is 1.63. The number of aromatic nitrogens is 1. The van der Waals surface area contributed by atoms with Crippen LogP contribution in [-0.2, 0) is 0 Å². The minimum Gasteiger partial charge on any atom is -0.436 e. The predicted molar refractivity (Wildman–Crippen MR) is 63.7 cm³/mol. The quantitative estimate of drug-likeness (QED) is 0.777. The molecule has 0 saturated heterocycles. The summed E-state index contributed by atoms with van der Waals surface area (Å²) in [6.45, 7) is 0. The van der Waals surface area contributed by atoms with E-state index in [9.17, 15) is 4.79 Å². The molecule has 2 aromatic rings. The number of rotatable bonds is 0. The van der Waals surface area contributed by atoms with Gasteiger partial charge in [0.2, 0.25) is 5.88 Å². The number of nitrogens with one attached hydrogen (secondary N) is 1. The van der Waals surface area contributed by atoms with Crippen LogP contribution >= 0.6 is 11.6 Å². The largest absolute Gasteiger partial charge is 0.436 e. The standard InChI is InChI=1S/C12H7ClN2O2/c13-7-3-4-10-9(6-7)15-11(16)8-2-1-5-14-12(8)17-10/h1-6H,(H,15,16). The van der Waals surface area contributed by atoms with Gasteiger partial charge in [-0.05, 0) is 30.3 Å². The molecule has 17 heavy (non-hydrogen) atoms. The first-order chi connectivity index (χ1) is 8.24. The number of fused-ring (bicyclic) bond motifs is 2. The van der Waals surface area contributed by atoms with E-state index in [1.165, 1.54) is 0 Å². The SMILES string of the molecule is O=C1Nc2cc(Cl)ccc2Oc2ncccc21. The molecule has 0 fully saturated rings. The minimum absolute atomic E-state index is 0.255. The summed E-state index contributed by atoms with van der Waals surface area (Å²) in [5, 5.41) is 3.26. The molecular weight excluding hydrogens is 240 g/mol. The van der Waals surface area contributed by atoms with Gasteiger partial charge in [0, 0.05) is 11.2 Å². The first-order valence-corrected chi connectivity index (χ1v) is 5.35. The van der Waals surface area contributed by atoms with Crippen molar-refractivity contribution in [2.45, 2.75) is 0 Å². The number of carbonyl (C=O) groups excluding carboxylic acids is 1. The second-order valence-corrected chi connectivity index (χ2v) is 3.99. The van der Waals surface area contributed by atoms with Gasteiger partial charge in [-0.1, -0.05) is 11.6 Å². The minimum atomic E-state index is -0.255. The molecule has 0 radical (unpaired) electrons. The first kappa shape index (κ1) is 10.1. The number of ether oxygens (including phenoxy) is 1.